The van der Waals surface area contributed by atoms with Gasteiger partial charge in [-0.25, -0.2) is 14.4 Å². The number of hydrogen-bond acceptors (Lipinski definition) is 5. The van der Waals surface area contributed by atoms with Gasteiger partial charge in [0.25, 0.3) is 0 Å². The van der Waals surface area contributed by atoms with E-state index in [1.54, 1.807) is 12.4 Å². The summed E-state index contributed by atoms with van der Waals surface area (Å²) in [6, 6.07) is 2.08. The molecule has 1 aromatic heterocycles. The first kappa shape index (κ1) is 17.7. The first-order valence-electron chi connectivity index (χ1n) is 9.25. The van der Waals surface area contributed by atoms with E-state index in [1.807, 2.05) is 6.07 Å². The van der Waals surface area contributed by atoms with Gasteiger partial charge in [0, 0.05) is 31.5 Å². The number of rotatable bonds is 8. The fraction of sp³-hybridized carbons (Fsp3) is 0.778. The molecule has 0 saturated carbocycles. The first-order valence-corrected chi connectivity index (χ1v) is 9.25. The minimum absolute atomic E-state index is 0.264. The van der Waals surface area contributed by atoms with Gasteiger partial charge in [0.1, 0.15) is 12.0 Å². The van der Waals surface area contributed by atoms with E-state index in [4.69, 9.17) is 0 Å². The van der Waals surface area contributed by atoms with Crippen LogP contribution in [0, 0.1) is 0 Å². The molecule has 3 heterocycles. The van der Waals surface area contributed by atoms with Gasteiger partial charge in [0.15, 0.2) is 0 Å². The SMILES string of the molecule is CN(CCCN1CCCC1)C[C@@H]1C[C@H](F)CN1Cc1ncccn1. The van der Waals surface area contributed by atoms with Crippen LogP contribution >= 0.6 is 0 Å². The molecule has 0 radical (unpaired) electrons. The smallest absolute Gasteiger partial charge is 0.142 e. The molecule has 0 unspecified atom stereocenters. The van der Waals surface area contributed by atoms with Crippen LogP contribution in [0.1, 0.15) is 31.5 Å². The second kappa shape index (κ2) is 8.83. The van der Waals surface area contributed by atoms with E-state index in [9.17, 15) is 4.39 Å². The van der Waals surface area contributed by atoms with Crippen molar-refractivity contribution in [3.63, 3.8) is 0 Å². The summed E-state index contributed by atoms with van der Waals surface area (Å²) in [7, 11) is 2.16. The minimum Gasteiger partial charge on any atom is -0.305 e. The summed E-state index contributed by atoms with van der Waals surface area (Å²) in [4.78, 5) is 15.7. The van der Waals surface area contributed by atoms with Crippen molar-refractivity contribution in [2.45, 2.75) is 44.4 Å². The number of likely N-dealkylation sites (tertiary alicyclic amines) is 2. The van der Waals surface area contributed by atoms with Gasteiger partial charge in [0.05, 0.1) is 6.54 Å². The zero-order chi connectivity index (χ0) is 16.8. The highest BCUT2D eigenvalue weighted by Crippen LogP contribution is 2.22. The minimum atomic E-state index is -0.725. The molecule has 0 spiro atoms. The van der Waals surface area contributed by atoms with E-state index in [0.717, 1.165) is 18.9 Å². The highest BCUT2D eigenvalue weighted by molar-refractivity contribution is 4.93. The van der Waals surface area contributed by atoms with Crippen molar-refractivity contribution in [1.82, 2.24) is 24.7 Å². The lowest BCUT2D eigenvalue weighted by molar-refractivity contribution is 0.176. The monoisotopic (exact) mass is 335 g/mol. The Morgan fingerprint density at radius 2 is 2.00 bits per heavy atom. The molecular formula is C18H30FN5. The lowest BCUT2D eigenvalue weighted by Gasteiger charge is -2.28. The van der Waals surface area contributed by atoms with Gasteiger partial charge in [-0.15, -0.1) is 0 Å². The summed E-state index contributed by atoms with van der Waals surface area (Å²) >= 11 is 0. The molecule has 134 valence electrons. The lowest BCUT2D eigenvalue weighted by Crippen LogP contribution is -2.39. The van der Waals surface area contributed by atoms with E-state index >= 15 is 0 Å². The van der Waals surface area contributed by atoms with Crippen molar-refractivity contribution < 1.29 is 4.39 Å². The third-order valence-corrected chi connectivity index (χ3v) is 5.18. The number of alkyl halides is 1. The van der Waals surface area contributed by atoms with Crippen molar-refractivity contribution in [1.29, 1.82) is 0 Å². The van der Waals surface area contributed by atoms with Crippen LogP contribution < -0.4 is 0 Å². The maximum atomic E-state index is 13.9. The molecule has 2 saturated heterocycles. The zero-order valence-electron chi connectivity index (χ0n) is 14.8. The van der Waals surface area contributed by atoms with Crippen LogP contribution in [0.15, 0.2) is 18.5 Å². The standard InChI is InChI=1S/C18H30FN5/c1-22(8-5-11-23-9-2-3-10-23)14-17-12-16(19)13-24(17)15-18-20-6-4-7-21-18/h4,6-7,16-17H,2-3,5,8-15H2,1H3/t16-,17-/m0/s1. The van der Waals surface area contributed by atoms with Crippen LogP contribution in [0.2, 0.25) is 0 Å². The third-order valence-electron chi connectivity index (χ3n) is 5.18. The topological polar surface area (TPSA) is 35.5 Å². The number of likely N-dealkylation sites (N-methyl/N-ethyl adjacent to an activating group) is 1. The molecule has 2 aliphatic rings. The second-order valence-electron chi connectivity index (χ2n) is 7.25. The summed E-state index contributed by atoms with van der Waals surface area (Å²) in [6.45, 7) is 6.88. The van der Waals surface area contributed by atoms with E-state index in [-0.39, 0.29) is 6.04 Å². The van der Waals surface area contributed by atoms with Gasteiger partial charge in [-0.1, -0.05) is 0 Å². The van der Waals surface area contributed by atoms with E-state index in [0.29, 0.717) is 19.5 Å². The predicted octanol–water partition coefficient (Wildman–Crippen LogP) is 1.81. The average molecular weight is 335 g/mol. The summed E-state index contributed by atoms with van der Waals surface area (Å²) in [5, 5.41) is 0. The second-order valence-corrected chi connectivity index (χ2v) is 7.25. The van der Waals surface area contributed by atoms with Crippen LogP contribution in [-0.4, -0.2) is 83.2 Å². The number of halogens is 1. The quantitative estimate of drug-likeness (QED) is 0.724. The predicted molar refractivity (Wildman–Crippen MR) is 93.5 cm³/mol. The highest BCUT2D eigenvalue weighted by atomic mass is 19.1. The number of aromatic nitrogens is 2. The number of hydrogen-bond donors (Lipinski definition) is 0. The summed E-state index contributed by atoms with van der Waals surface area (Å²) in [5.41, 5.74) is 0. The third kappa shape index (κ3) is 5.19. The molecule has 2 fully saturated rings. The molecule has 0 aliphatic carbocycles. The molecule has 5 nitrogen and oxygen atoms in total. The van der Waals surface area contributed by atoms with Gasteiger partial charge >= 0.3 is 0 Å². The highest BCUT2D eigenvalue weighted by Gasteiger charge is 2.33. The zero-order valence-corrected chi connectivity index (χ0v) is 14.8. The van der Waals surface area contributed by atoms with Gasteiger partial charge in [-0.3, -0.25) is 4.90 Å². The fourth-order valence-corrected chi connectivity index (χ4v) is 3.92. The summed E-state index contributed by atoms with van der Waals surface area (Å²) < 4.78 is 13.9. The molecule has 0 bridgehead atoms. The normalized spacial score (nSPS) is 25.8. The molecule has 24 heavy (non-hydrogen) atoms. The van der Waals surface area contributed by atoms with Crippen LogP contribution in [0.4, 0.5) is 4.39 Å². The van der Waals surface area contributed by atoms with E-state index in [1.165, 1.54) is 38.9 Å². The van der Waals surface area contributed by atoms with Crippen LogP contribution in [0.5, 0.6) is 0 Å². The number of nitrogens with zero attached hydrogens (tertiary/aromatic N) is 5. The molecule has 2 aliphatic heterocycles. The summed E-state index contributed by atoms with van der Waals surface area (Å²) in [5.74, 6) is 0.785. The molecular weight excluding hydrogens is 305 g/mol. The van der Waals surface area contributed by atoms with E-state index < -0.39 is 6.17 Å². The first-order chi connectivity index (χ1) is 11.7. The maximum absolute atomic E-state index is 13.9. The van der Waals surface area contributed by atoms with Crippen molar-refractivity contribution in [3.05, 3.63) is 24.3 Å². The van der Waals surface area contributed by atoms with Crippen LogP contribution in [0.3, 0.4) is 0 Å². The van der Waals surface area contributed by atoms with Crippen molar-refractivity contribution >= 4 is 0 Å². The Morgan fingerprint density at radius 3 is 2.75 bits per heavy atom. The Balaban J connectivity index is 1.43. The van der Waals surface area contributed by atoms with Gasteiger partial charge in [-0.05, 0) is 65.0 Å². The van der Waals surface area contributed by atoms with Crippen molar-refractivity contribution in [2.24, 2.45) is 0 Å². The van der Waals surface area contributed by atoms with Crippen molar-refractivity contribution in [3.8, 4) is 0 Å². The molecule has 0 amide bonds. The molecule has 3 rings (SSSR count). The molecule has 2 atom stereocenters. The van der Waals surface area contributed by atoms with Crippen LogP contribution in [-0.2, 0) is 6.54 Å². The van der Waals surface area contributed by atoms with Gasteiger partial charge in [-0.2, -0.15) is 0 Å². The van der Waals surface area contributed by atoms with Gasteiger partial charge < -0.3 is 9.80 Å². The Hall–Kier alpha value is -1.11. The van der Waals surface area contributed by atoms with Gasteiger partial charge in [0.2, 0.25) is 0 Å². The molecule has 0 aromatic carbocycles. The Kier molecular flexibility index (Phi) is 6.51. The van der Waals surface area contributed by atoms with Crippen LogP contribution in [0.25, 0.3) is 0 Å². The Labute approximate surface area is 144 Å². The molecule has 0 N–H and O–H groups in total. The van der Waals surface area contributed by atoms with Crippen molar-refractivity contribution in [2.75, 3.05) is 46.3 Å². The van der Waals surface area contributed by atoms with E-state index in [2.05, 4.69) is 31.7 Å². The Bertz CT molecular complexity index is 480. The molecule has 1 aromatic rings. The Morgan fingerprint density at radius 1 is 1.25 bits per heavy atom. The lowest BCUT2D eigenvalue weighted by atomic mass is 10.2. The molecule has 6 heteroatoms. The largest absolute Gasteiger partial charge is 0.305 e. The summed E-state index contributed by atoms with van der Waals surface area (Å²) in [6.07, 6.45) is 7.32. The average Bonchev–Trinajstić information content (AvgIpc) is 3.19. The fourth-order valence-electron chi connectivity index (χ4n) is 3.92. The maximum Gasteiger partial charge on any atom is 0.142 e.